The highest BCUT2D eigenvalue weighted by Crippen LogP contribution is 2.19. The van der Waals surface area contributed by atoms with E-state index in [0.29, 0.717) is 0 Å². The molecule has 0 fully saturated rings. The second-order valence-corrected chi connectivity index (χ2v) is 6.34. The normalized spacial score (nSPS) is 11.8. The van der Waals surface area contributed by atoms with Crippen molar-refractivity contribution in [2.24, 2.45) is 0 Å². The lowest BCUT2D eigenvalue weighted by molar-refractivity contribution is 0.296. The molecule has 0 aliphatic rings. The molecule has 3 heteroatoms. The van der Waals surface area contributed by atoms with Crippen LogP contribution in [0.15, 0.2) is 29.2 Å². The molecule has 0 saturated carbocycles. The van der Waals surface area contributed by atoms with Crippen LogP contribution in [0.2, 0.25) is 0 Å². The van der Waals surface area contributed by atoms with Gasteiger partial charge in [-0.25, -0.2) is 0 Å². The van der Waals surface area contributed by atoms with Gasteiger partial charge in [-0.15, -0.1) is 11.8 Å². The van der Waals surface area contributed by atoms with Crippen LogP contribution in [-0.2, 0) is 6.54 Å². The van der Waals surface area contributed by atoms with Gasteiger partial charge in [0.05, 0.1) is 0 Å². The van der Waals surface area contributed by atoms with Crippen LogP contribution < -0.4 is 5.32 Å². The van der Waals surface area contributed by atoms with Gasteiger partial charge in [0.15, 0.2) is 0 Å². The average molecular weight is 253 g/mol. The van der Waals surface area contributed by atoms with Crippen molar-refractivity contribution in [1.82, 2.24) is 5.32 Å². The van der Waals surface area contributed by atoms with E-state index < -0.39 is 0 Å². The van der Waals surface area contributed by atoms with Gasteiger partial charge in [0.1, 0.15) is 0 Å². The molecule has 0 bridgehead atoms. The van der Waals surface area contributed by atoms with Gasteiger partial charge in [-0.2, -0.15) is 0 Å². The zero-order valence-corrected chi connectivity index (χ0v) is 11.8. The van der Waals surface area contributed by atoms with Crippen LogP contribution in [0, 0.1) is 0 Å². The second kappa shape index (κ2) is 7.04. The summed E-state index contributed by atoms with van der Waals surface area (Å²) in [6, 6.07) is 8.64. The van der Waals surface area contributed by atoms with E-state index >= 15 is 0 Å². The first-order valence-electron chi connectivity index (χ1n) is 6.09. The van der Waals surface area contributed by atoms with Gasteiger partial charge >= 0.3 is 0 Å². The Hall–Kier alpha value is -0.510. The van der Waals surface area contributed by atoms with E-state index in [4.69, 9.17) is 5.11 Å². The maximum absolute atomic E-state index is 8.71. The Bertz CT molecular complexity index is 316. The van der Waals surface area contributed by atoms with Crippen molar-refractivity contribution in [3.8, 4) is 0 Å². The Labute approximate surface area is 109 Å². The summed E-state index contributed by atoms with van der Waals surface area (Å²) < 4.78 is 0. The predicted molar refractivity (Wildman–Crippen MR) is 75.5 cm³/mol. The Morgan fingerprint density at radius 1 is 1.18 bits per heavy atom. The molecule has 0 aromatic heterocycles. The van der Waals surface area contributed by atoms with Crippen LogP contribution >= 0.6 is 11.8 Å². The van der Waals surface area contributed by atoms with Crippen molar-refractivity contribution in [2.75, 3.05) is 12.4 Å². The van der Waals surface area contributed by atoms with Crippen molar-refractivity contribution in [3.05, 3.63) is 29.8 Å². The molecule has 0 unspecified atom stereocenters. The fourth-order valence-corrected chi connectivity index (χ4v) is 2.16. The highest BCUT2D eigenvalue weighted by Gasteiger charge is 2.07. The summed E-state index contributed by atoms with van der Waals surface area (Å²) in [5, 5.41) is 12.2. The summed E-state index contributed by atoms with van der Waals surface area (Å²) in [4.78, 5) is 1.28. The van der Waals surface area contributed by atoms with Gasteiger partial charge in [0, 0.05) is 29.3 Å². The lowest BCUT2D eigenvalue weighted by Gasteiger charge is -2.20. The number of benzene rings is 1. The first-order valence-corrected chi connectivity index (χ1v) is 7.07. The quantitative estimate of drug-likeness (QED) is 0.604. The minimum atomic E-state index is 0.161. The number of hydrogen-bond acceptors (Lipinski definition) is 3. The molecule has 1 aromatic carbocycles. The van der Waals surface area contributed by atoms with Crippen molar-refractivity contribution >= 4 is 11.8 Å². The monoisotopic (exact) mass is 253 g/mol. The van der Waals surface area contributed by atoms with Crippen LogP contribution in [0.1, 0.15) is 32.8 Å². The third kappa shape index (κ3) is 6.71. The van der Waals surface area contributed by atoms with E-state index in [-0.39, 0.29) is 12.1 Å². The molecular weight excluding hydrogens is 230 g/mol. The Morgan fingerprint density at radius 3 is 2.35 bits per heavy atom. The molecule has 1 aromatic rings. The van der Waals surface area contributed by atoms with Crippen molar-refractivity contribution in [2.45, 2.75) is 44.2 Å². The minimum Gasteiger partial charge on any atom is -0.396 e. The summed E-state index contributed by atoms with van der Waals surface area (Å²) in [6.07, 6.45) is 0.859. The maximum atomic E-state index is 8.71. The van der Waals surface area contributed by atoms with Crippen LogP contribution in [0.25, 0.3) is 0 Å². The minimum absolute atomic E-state index is 0.161. The highest BCUT2D eigenvalue weighted by atomic mass is 32.2. The van der Waals surface area contributed by atoms with E-state index in [2.05, 4.69) is 50.4 Å². The van der Waals surface area contributed by atoms with Crippen LogP contribution in [0.3, 0.4) is 0 Å². The largest absolute Gasteiger partial charge is 0.396 e. The molecule has 0 radical (unpaired) electrons. The van der Waals surface area contributed by atoms with Crippen LogP contribution in [0.5, 0.6) is 0 Å². The Balaban J connectivity index is 2.39. The maximum Gasteiger partial charge on any atom is 0.0439 e. The van der Waals surface area contributed by atoms with E-state index in [9.17, 15) is 0 Å². The standard InChI is InChI=1S/C14H23NOS/c1-14(2,3)15-11-12-5-7-13(8-6-12)17-10-4-9-16/h5-8,15-16H,4,9-11H2,1-3H3. The van der Waals surface area contributed by atoms with Crippen LogP contribution in [-0.4, -0.2) is 23.0 Å². The lowest BCUT2D eigenvalue weighted by atomic mass is 10.1. The molecular formula is C14H23NOS. The number of thioether (sulfide) groups is 1. The first-order chi connectivity index (χ1) is 8.01. The lowest BCUT2D eigenvalue weighted by Crippen LogP contribution is -2.35. The van der Waals surface area contributed by atoms with Crippen LogP contribution in [0.4, 0.5) is 0 Å². The van der Waals surface area contributed by atoms with Gasteiger partial charge in [-0.1, -0.05) is 12.1 Å². The van der Waals surface area contributed by atoms with Crippen molar-refractivity contribution in [3.63, 3.8) is 0 Å². The SMILES string of the molecule is CC(C)(C)NCc1ccc(SCCCO)cc1. The number of aliphatic hydroxyl groups excluding tert-OH is 1. The molecule has 96 valence electrons. The van der Waals surface area contributed by atoms with Gasteiger partial charge in [0.2, 0.25) is 0 Å². The number of aliphatic hydroxyl groups is 1. The smallest absolute Gasteiger partial charge is 0.0439 e. The van der Waals surface area contributed by atoms with Crippen molar-refractivity contribution in [1.29, 1.82) is 0 Å². The molecule has 0 spiro atoms. The number of rotatable bonds is 6. The summed E-state index contributed by atoms with van der Waals surface area (Å²) in [7, 11) is 0. The molecule has 0 atom stereocenters. The summed E-state index contributed by atoms with van der Waals surface area (Å²) in [6.45, 7) is 7.70. The fourth-order valence-electron chi connectivity index (χ4n) is 1.33. The molecule has 0 aliphatic heterocycles. The zero-order valence-electron chi connectivity index (χ0n) is 11.0. The fraction of sp³-hybridized carbons (Fsp3) is 0.571. The molecule has 17 heavy (non-hydrogen) atoms. The predicted octanol–water partition coefficient (Wildman–Crippen LogP) is 3.05. The molecule has 2 nitrogen and oxygen atoms in total. The van der Waals surface area contributed by atoms with E-state index in [1.165, 1.54) is 10.5 Å². The van der Waals surface area contributed by atoms with E-state index in [0.717, 1.165) is 18.7 Å². The zero-order chi connectivity index (χ0) is 12.7. The Morgan fingerprint density at radius 2 is 1.82 bits per heavy atom. The van der Waals surface area contributed by atoms with Gasteiger partial charge in [-0.3, -0.25) is 0 Å². The highest BCUT2D eigenvalue weighted by molar-refractivity contribution is 7.99. The molecule has 0 amide bonds. The molecule has 2 N–H and O–H groups in total. The summed E-state index contributed by atoms with van der Waals surface area (Å²) in [5.41, 5.74) is 1.47. The van der Waals surface area contributed by atoms with Crippen molar-refractivity contribution < 1.29 is 5.11 Å². The molecule has 0 heterocycles. The van der Waals surface area contributed by atoms with E-state index in [1.54, 1.807) is 11.8 Å². The first kappa shape index (κ1) is 14.6. The molecule has 0 aliphatic carbocycles. The summed E-state index contributed by atoms with van der Waals surface area (Å²) >= 11 is 1.80. The third-order valence-corrected chi connectivity index (χ3v) is 3.42. The third-order valence-electron chi connectivity index (χ3n) is 2.32. The topological polar surface area (TPSA) is 32.3 Å². The van der Waals surface area contributed by atoms with Gasteiger partial charge in [-0.05, 0) is 44.9 Å². The van der Waals surface area contributed by atoms with Gasteiger partial charge in [0.25, 0.3) is 0 Å². The second-order valence-electron chi connectivity index (χ2n) is 5.17. The number of nitrogens with one attached hydrogen (secondary N) is 1. The Kier molecular flexibility index (Phi) is 6.03. The number of hydrogen-bond donors (Lipinski definition) is 2. The summed E-state index contributed by atoms with van der Waals surface area (Å²) in [5.74, 6) is 0.982. The average Bonchev–Trinajstić information content (AvgIpc) is 2.27. The molecule has 0 saturated heterocycles. The van der Waals surface area contributed by atoms with E-state index in [1.807, 2.05) is 0 Å². The molecule has 1 rings (SSSR count). The van der Waals surface area contributed by atoms with Gasteiger partial charge < -0.3 is 10.4 Å².